The van der Waals surface area contributed by atoms with E-state index in [-0.39, 0.29) is 23.2 Å². The van der Waals surface area contributed by atoms with Crippen LogP contribution in [0.2, 0.25) is 10.2 Å². The van der Waals surface area contributed by atoms with Gasteiger partial charge in [0.05, 0.1) is 12.2 Å². The van der Waals surface area contributed by atoms with Gasteiger partial charge >= 0.3 is 5.97 Å². The Kier molecular flexibility index (Phi) is 5.78. The van der Waals surface area contributed by atoms with Gasteiger partial charge in [0.15, 0.2) is 6.61 Å². The quantitative estimate of drug-likeness (QED) is 0.408. The third-order valence-corrected chi connectivity index (χ3v) is 5.01. The summed E-state index contributed by atoms with van der Waals surface area (Å²) in [5, 5.41) is 8.95. The average Bonchev–Trinajstić information content (AvgIpc) is 3.33. The zero-order valence-corrected chi connectivity index (χ0v) is 17.3. The summed E-state index contributed by atoms with van der Waals surface area (Å²) in [5.74, 6) is -0.126. The highest BCUT2D eigenvalue weighted by Crippen LogP contribution is 2.24. The normalized spacial score (nSPS) is 10.9. The molecule has 10 heteroatoms. The van der Waals surface area contributed by atoms with Gasteiger partial charge in [-0.1, -0.05) is 46.6 Å². The second-order valence-electron chi connectivity index (χ2n) is 6.33. The fourth-order valence-corrected chi connectivity index (χ4v) is 3.31. The molecule has 3 aromatic heterocycles. The van der Waals surface area contributed by atoms with Crippen LogP contribution in [0.4, 0.5) is 0 Å². The molecule has 8 nitrogen and oxygen atoms in total. The van der Waals surface area contributed by atoms with Crippen molar-refractivity contribution in [3.63, 3.8) is 0 Å². The van der Waals surface area contributed by atoms with Crippen molar-refractivity contribution in [2.24, 2.45) is 0 Å². The van der Waals surface area contributed by atoms with Gasteiger partial charge in [-0.05, 0) is 30.7 Å². The van der Waals surface area contributed by atoms with E-state index in [1.807, 2.05) is 18.2 Å². The molecule has 4 rings (SSSR count). The van der Waals surface area contributed by atoms with Crippen LogP contribution < -0.4 is 0 Å². The van der Waals surface area contributed by atoms with E-state index in [9.17, 15) is 4.79 Å². The number of benzene rings is 1. The number of ether oxygens (including phenoxy) is 1. The van der Waals surface area contributed by atoms with Gasteiger partial charge in [-0.2, -0.15) is 10.1 Å². The molecule has 0 N–H and O–H groups in total. The lowest BCUT2D eigenvalue weighted by Gasteiger charge is -2.06. The average molecular weight is 444 g/mol. The Labute approximate surface area is 181 Å². The van der Waals surface area contributed by atoms with E-state index in [1.54, 1.807) is 37.5 Å². The lowest BCUT2D eigenvalue weighted by Crippen LogP contribution is -2.07. The fourth-order valence-electron chi connectivity index (χ4n) is 2.80. The minimum atomic E-state index is -0.635. The molecule has 0 saturated carbocycles. The standard InChI is InChI=1S/C20H15Cl2N5O3/c1-12-17(18(22)27(25-12)10-14-5-2-3-7-15(14)21)20(28)29-11-16-24-19(26-30-16)13-6-4-8-23-9-13/h2-9H,10-11H2,1H3. The number of aromatic nitrogens is 5. The van der Waals surface area contributed by atoms with Crippen molar-refractivity contribution in [3.8, 4) is 11.4 Å². The van der Waals surface area contributed by atoms with Crippen molar-refractivity contribution in [1.82, 2.24) is 24.9 Å². The summed E-state index contributed by atoms with van der Waals surface area (Å²) in [4.78, 5) is 20.8. The Bertz CT molecular complexity index is 1190. The van der Waals surface area contributed by atoms with Gasteiger partial charge in [0.25, 0.3) is 5.89 Å². The lowest BCUT2D eigenvalue weighted by atomic mass is 10.2. The van der Waals surface area contributed by atoms with Crippen LogP contribution in [-0.2, 0) is 17.9 Å². The third-order valence-electron chi connectivity index (χ3n) is 4.26. The summed E-state index contributed by atoms with van der Waals surface area (Å²) in [6.45, 7) is 1.81. The second kappa shape index (κ2) is 8.64. The van der Waals surface area contributed by atoms with Crippen molar-refractivity contribution in [2.45, 2.75) is 20.1 Å². The number of carbonyl (C=O) groups is 1. The predicted molar refractivity (Wildman–Crippen MR) is 109 cm³/mol. The first-order valence-electron chi connectivity index (χ1n) is 8.89. The van der Waals surface area contributed by atoms with E-state index >= 15 is 0 Å². The maximum atomic E-state index is 12.6. The van der Waals surface area contributed by atoms with E-state index in [4.69, 9.17) is 32.5 Å². The zero-order valence-electron chi connectivity index (χ0n) is 15.7. The minimum Gasteiger partial charge on any atom is -0.452 e. The summed E-state index contributed by atoms with van der Waals surface area (Å²) >= 11 is 12.6. The van der Waals surface area contributed by atoms with E-state index < -0.39 is 5.97 Å². The Morgan fingerprint density at radius 2 is 2.03 bits per heavy atom. The highest BCUT2D eigenvalue weighted by molar-refractivity contribution is 6.33. The molecule has 0 fully saturated rings. The van der Waals surface area contributed by atoms with Crippen LogP contribution in [0.25, 0.3) is 11.4 Å². The van der Waals surface area contributed by atoms with Crippen molar-refractivity contribution >= 4 is 29.2 Å². The summed E-state index contributed by atoms with van der Waals surface area (Å²) in [6.07, 6.45) is 3.25. The summed E-state index contributed by atoms with van der Waals surface area (Å²) in [5.41, 5.74) is 2.14. The Morgan fingerprint density at radius 3 is 2.80 bits per heavy atom. The topological polar surface area (TPSA) is 95.9 Å². The maximum Gasteiger partial charge on any atom is 0.343 e. The molecule has 0 radical (unpaired) electrons. The number of rotatable bonds is 6. The molecule has 0 unspecified atom stereocenters. The first-order chi connectivity index (χ1) is 14.5. The minimum absolute atomic E-state index is 0.152. The van der Waals surface area contributed by atoms with Gasteiger partial charge < -0.3 is 9.26 Å². The van der Waals surface area contributed by atoms with Crippen LogP contribution in [0.5, 0.6) is 0 Å². The van der Waals surface area contributed by atoms with E-state index in [0.29, 0.717) is 28.6 Å². The maximum absolute atomic E-state index is 12.6. The Morgan fingerprint density at radius 1 is 1.20 bits per heavy atom. The number of hydrogen-bond donors (Lipinski definition) is 0. The van der Waals surface area contributed by atoms with E-state index in [0.717, 1.165) is 5.56 Å². The van der Waals surface area contributed by atoms with Crippen molar-refractivity contribution in [3.05, 3.63) is 81.7 Å². The van der Waals surface area contributed by atoms with Gasteiger partial charge in [-0.15, -0.1) is 0 Å². The monoisotopic (exact) mass is 443 g/mol. The number of aryl methyl sites for hydroxylation is 1. The van der Waals surface area contributed by atoms with E-state index in [2.05, 4.69) is 20.2 Å². The number of nitrogens with zero attached hydrogens (tertiary/aromatic N) is 5. The third kappa shape index (κ3) is 4.19. The molecular weight excluding hydrogens is 429 g/mol. The zero-order chi connectivity index (χ0) is 21.1. The number of halogens is 2. The molecule has 152 valence electrons. The molecular formula is C20H15Cl2N5O3. The van der Waals surface area contributed by atoms with Crippen LogP contribution in [0, 0.1) is 6.92 Å². The molecule has 0 amide bonds. The fraction of sp³-hybridized carbons (Fsp3) is 0.150. The summed E-state index contributed by atoms with van der Waals surface area (Å²) in [6, 6.07) is 10.9. The van der Waals surface area contributed by atoms with Gasteiger partial charge in [0.1, 0.15) is 10.7 Å². The molecule has 0 bridgehead atoms. The van der Waals surface area contributed by atoms with Crippen molar-refractivity contribution < 1.29 is 14.1 Å². The van der Waals surface area contributed by atoms with Gasteiger partial charge in [0.2, 0.25) is 5.82 Å². The van der Waals surface area contributed by atoms with Crippen molar-refractivity contribution in [2.75, 3.05) is 0 Å². The van der Waals surface area contributed by atoms with Crippen LogP contribution in [0.15, 0.2) is 53.3 Å². The number of esters is 1. The number of carbonyl (C=O) groups excluding carboxylic acids is 1. The second-order valence-corrected chi connectivity index (χ2v) is 7.10. The molecule has 0 atom stereocenters. The van der Waals surface area contributed by atoms with Crippen LogP contribution in [-0.4, -0.2) is 30.9 Å². The smallest absolute Gasteiger partial charge is 0.343 e. The van der Waals surface area contributed by atoms with Crippen molar-refractivity contribution in [1.29, 1.82) is 0 Å². The summed E-state index contributed by atoms with van der Waals surface area (Å²) in [7, 11) is 0. The molecule has 0 aliphatic rings. The molecule has 0 spiro atoms. The van der Waals surface area contributed by atoms with Crippen LogP contribution >= 0.6 is 23.2 Å². The highest BCUT2D eigenvalue weighted by Gasteiger charge is 2.23. The van der Waals surface area contributed by atoms with Gasteiger partial charge in [-0.3, -0.25) is 4.98 Å². The Balaban J connectivity index is 1.46. The predicted octanol–water partition coefficient (Wildman–Crippen LogP) is 4.35. The number of pyridine rings is 1. The Hall–Kier alpha value is -3.23. The largest absolute Gasteiger partial charge is 0.452 e. The molecule has 4 aromatic rings. The molecule has 3 heterocycles. The molecule has 0 aliphatic carbocycles. The first kappa shape index (κ1) is 20.1. The first-order valence-corrected chi connectivity index (χ1v) is 9.65. The van der Waals surface area contributed by atoms with Gasteiger partial charge in [-0.25, -0.2) is 9.48 Å². The SMILES string of the molecule is Cc1nn(Cc2ccccc2Cl)c(Cl)c1C(=O)OCc1nc(-c2cccnc2)no1. The van der Waals surface area contributed by atoms with Crippen LogP contribution in [0.1, 0.15) is 27.5 Å². The summed E-state index contributed by atoms with van der Waals surface area (Å²) < 4.78 is 11.9. The molecule has 0 aliphatic heterocycles. The van der Waals surface area contributed by atoms with Gasteiger partial charge in [0, 0.05) is 23.0 Å². The number of hydrogen-bond acceptors (Lipinski definition) is 7. The molecule has 1 aromatic carbocycles. The molecule has 0 saturated heterocycles. The highest BCUT2D eigenvalue weighted by atomic mass is 35.5. The van der Waals surface area contributed by atoms with E-state index in [1.165, 1.54) is 4.68 Å². The molecule has 30 heavy (non-hydrogen) atoms. The van der Waals surface area contributed by atoms with Crippen LogP contribution in [0.3, 0.4) is 0 Å². The lowest BCUT2D eigenvalue weighted by molar-refractivity contribution is 0.0429.